The van der Waals surface area contributed by atoms with Gasteiger partial charge in [0.05, 0.1) is 24.3 Å². The summed E-state index contributed by atoms with van der Waals surface area (Å²) >= 11 is 5.87. The molecule has 4 aromatic rings. The van der Waals surface area contributed by atoms with Gasteiger partial charge in [-0.15, -0.1) is 10.2 Å². The van der Waals surface area contributed by atoms with Gasteiger partial charge >= 0.3 is 18.0 Å². The molecule has 0 fully saturated rings. The molecular weight excluding hydrogens is 572 g/mol. The van der Waals surface area contributed by atoms with E-state index in [9.17, 15) is 41.0 Å². The van der Waals surface area contributed by atoms with E-state index in [0.29, 0.717) is 9.59 Å². The van der Waals surface area contributed by atoms with Crippen molar-refractivity contribution in [3.8, 4) is 17.1 Å². The number of aromatic nitrogens is 7. The minimum atomic E-state index is -5.00. The number of aliphatic hydroxyl groups excluding tert-OH is 1. The third-order valence-electron chi connectivity index (χ3n) is 5.46. The lowest BCUT2D eigenvalue weighted by Gasteiger charge is -2.15. The fraction of sp³-hybridized carbons (Fsp3) is 0.304. The summed E-state index contributed by atoms with van der Waals surface area (Å²) in [6.45, 7) is -1.54. The van der Waals surface area contributed by atoms with Crippen molar-refractivity contribution >= 4 is 17.4 Å². The SMILES string of the molecule is O=C(Cc1ncccc1-n1cnc(Cn2nc(-c3ccc(Cl)cc3)n(C[C@H](O)C(F)(F)F)c2=O)n1)CC(F)(F)F. The highest BCUT2D eigenvalue weighted by Gasteiger charge is 2.39. The summed E-state index contributed by atoms with van der Waals surface area (Å²) in [5.41, 5.74) is -0.591. The number of aliphatic hydroxyl groups is 1. The molecule has 0 saturated heterocycles. The molecule has 3 heterocycles. The predicted octanol–water partition coefficient (Wildman–Crippen LogP) is 3.38. The normalized spacial score (nSPS) is 13.0. The van der Waals surface area contributed by atoms with Crippen LogP contribution in [0.1, 0.15) is 17.9 Å². The molecule has 212 valence electrons. The molecule has 40 heavy (non-hydrogen) atoms. The van der Waals surface area contributed by atoms with E-state index in [1.165, 1.54) is 48.9 Å². The van der Waals surface area contributed by atoms with Crippen LogP contribution in [0.15, 0.2) is 53.7 Å². The summed E-state index contributed by atoms with van der Waals surface area (Å²) in [5, 5.41) is 18.2. The fourth-order valence-corrected chi connectivity index (χ4v) is 3.79. The first kappa shape index (κ1) is 28.9. The van der Waals surface area contributed by atoms with Crippen LogP contribution in [-0.2, 0) is 24.3 Å². The lowest BCUT2D eigenvalue weighted by atomic mass is 10.1. The minimum Gasteiger partial charge on any atom is -0.382 e. The van der Waals surface area contributed by atoms with E-state index < -0.39 is 55.9 Å². The molecule has 4 rings (SSSR count). The molecule has 1 aromatic carbocycles. The third kappa shape index (κ3) is 6.93. The first-order valence-electron chi connectivity index (χ1n) is 11.3. The van der Waals surface area contributed by atoms with Crippen molar-refractivity contribution in [2.24, 2.45) is 0 Å². The number of carbonyl (C=O) groups excluding carboxylic acids is 1. The Morgan fingerprint density at radius 2 is 1.73 bits per heavy atom. The molecule has 0 saturated carbocycles. The molecule has 0 unspecified atom stereocenters. The van der Waals surface area contributed by atoms with Gasteiger partial charge in [0.15, 0.2) is 17.8 Å². The molecule has 0 bridgehead atoms. The van der Waals surface area contributed by atoms with Gasteiger partial charge in [-0.2, -0.15) is 26.3 Å². The Hall–Kier alpha value is -4.05. The van der Waals surface area contributed by atoms with Crippen LogP contribution in [0.4, 0.5) is 26.3 Å². The van der Waals surface area contributed by atoms with E-state index >= 15 is 0 Å². The fourth-order valence-electron chi connectivity index (χ4n) is 3.66. The van der Waals surface area contributed by atoms with Crippen molar-refractivity contribution in [1.29, 1.82) is 0 Å². The first-order valence-corrected chi connectivity index (χ1v) is 11.7. The van der Waals surface area contributed by atoms with Crippen LogP contribution in [-0.4, -0.2) is 63.4 Å². The van der Waals surface area contributed by atoms with E-state index in [2.05, 4.69) is 20.2 Å². The predicted molar refractivity (Wildman–Crippen MR) is 127 cm³/mol. The van der Waals surface area contributed by atoms with Crippen molar-refractivity contribution in [3.63, 3.8) is 0 Å². The molecule has 10 nitrogen and oxygen atoms in total. The Labute approximate surface area is 225 Å². The van der Waals surface area contributed by atoms with E-state index in [1.807, 2.05) is 0 Å². The van der Waals surface area contributed by atoms with E-state index in [1.54, 1.807) is 0 Å². The second-order valence-corrected chi connectivity index (χ2v) is 8.96. The highest BCUT2D eigenvalue weighted by molar-refractivity contribution is 6.30. The van der Waals surface area contributed by atoms with Crippen LogP contribution < -0.4 is 5.69 Å². The topological polar surface area (TPSA) is 121 Å². The van der Waals surface area contributed by atoms with Crippen LogP contribution in [0.3, 0.4) is 0 Å². The highest BCUT2D eigenvalue weighted by atomic mass is 35.5. The summed E-state index contributed by atoms with van der Waals surface area (Å²) in [4.78, 5) is 32.9. The molecule has 0 aliphatic carbocycles. The maximum Gasteiger partial charge on any atom is 0.416 e. The molecule has 0 amide bonds. The van der Waals surface area contributed by atoms with Gasteiger partial charge in [0.25, 0.3) is 0 Å². The van der Waals surface area contributed by atoms with Crippen LogP contribution in [0.25, 0.3) is 17.1 Å². The number of rotatable bonds is 9. The molecule has 0 radical (unpaired) electrons. The quantitative estimate of drug-likeness (QED) is 0.297. The zero-order chi connectivity index (χ0) is 29.2. The molecular formula is C23H18ClF6N7O3. The lowest BCUT2D eigenvalue weighted by Crippen LogP contribution is -2.37. The van der Waals surface area contributed by atoms with Crippen LogP contribution in [0.2, 0.25) is 5.02 Å². The maximum atomic E-state index is 13.0. The number of benzene rings is 1. The number of hydrogen-bond donors (Lipinski definition) is 1. The molecule has 3 aromatic heterocycles. The number of ketones is 1. The summed E-state index contributed by atoms with van der Waals surface area (Å²) in [6, 6.07) is 8.66. The zero-order valence-corrected chi connectivity index (χ0v) is 20.8. The van der Waals surface area contributed by atoms with Crippen LogP contribution >= 0.6 is 11.6 Å². The second-order valence-electron chi connectivity index (χ2n) is 8.52. The molecule has 0 aliphatic heterocycles. The van der Waals surface area contributed by atoms with Crippen molar-refractivity contribution in [2.75, 3.05) is 0 Å². The molecule has 17 heteroatoms. The van der Waals surface area contributed by atoms with Gasteiger partial charge in [0.2, 0.25) is 0 Å². The van der Waals surface area contributed by atoms with Gasteiger partial charge < -0.3 is 5.11 Å². The number of carbonyl (C=O) groups is 1. The Morgan fingerprint density at radius 1 is 1.02 bits per heavy atom. The number of Topliss-reactive ketones (excluding diaryl/α,β-unsaturated/α-hetero) is 1. The number of nitrogens with zero attached hydrogens (tertiary/aromatic N) is 7. The molecule has 1 N–H and O–H groups in total. The summed E-state index contributed by atoms with van der Waals surface area (Å²) < 4.78 is 79.5. The van der Waals surface area contributed by atoms with Crippen molar-refractivity contribution in [1.82, 2.24) is 34.1 Å². The van der Waals surface area contributed by atoms with Crippen LogP contribution in [0, 0.1) is 0 Å². The maximum absolute atomic E-state index is 13.0. The van der Waals surface area contributed by atoms with Gasteiger partial charge in [-0.1, -0.05) is 11.6 Å². The smallest absolute Gasteiger partial charge is 0.382 e. The lowest BCUT2D eigenvalue weighted by molar-refractivity contribution is -0.207. The number of pyridine rings is 1. The Morgan fingerprint density at radius 3 is 2.38 bits per heavy atom. The second kappa shape index (κ2) is 11.2. The first-order chi connectivity index (χ1) is 18.7. The standard InChI is InChI=1S/C23H18ClF6N7O3/c24-14-5-3-13(4-6-14)20-34-36(21(40)35(20)10-18(39)23(28,29)30)11-19-32-12-37(33-19)17-2-1-7-31-16(17)8-15(38)9-22(25,26)27/h1-7,12,18,39H,8-11H2/t18-/m0/s1. The average Bonchev–Trinajstić information content (AvgIpc) is 3.43. The average molecular weight is 590 g/mol. The number of halogens is 7. The van der Waals surface area contributed by atoms with Crippen molar-refractivity contribution in [3.05, 3.63) is 75.9 Å². The highest BCUT2D eigenvalue weighted by Crippen LogP contribution is 2.24. The van der Waals surface area contributed by atoms with E-state index in [0.717, 1.165) is 9.36 Å². The van der Waals surface area contributed by atoms with Gasteiger partial charge in [-0.3, -0.25) is 14.3 Å². The van der Waals surface area contributed by atoms with E-state index in [4.69, 9.17) is 11.6 Å². The monoisotopic (exact) mass is 589 g/mol. The minimum absolute atomic E-state index is 0.000748. The van der Waals surface area contributed by atoms with Crippen LogP contribution in [0.5, 0.6) is 0 Å². The molecule has 1 atom stereocenters. The summed E-state index contributed by atoms with van der Waals surface area (Å²) in [6.07, 6.45) is -12.3. The van der Waals surface area contributed by atoms with Crippen molar-refractivity contribution in [2.45, 2.75) is 44.4 Å². The van der Waals surface area contributed by atoms with Gasteiger partial charge in [-0.05, 0) is 36.4 Å². The van der Waals surface area contributed by atoms with Gasteiger partial charge in [-0.25, -0.2) is 19.1 Å². The van der Waals surface area contributed by atoms with Gasteiger partial charge in [0.1, 0.15) is 25.1 Å². The zero-order valence-electron chi connectivity index (χ0n) is 20.1. The molecule has 0 spiro atoms. The Kier molecular flexibility index (Phi) is 8.11. The number of hydrogen-bond acceptors (Lipinski definition) is 7. The molecule has 0 aliphatic rings. The summed E-state index contributed by atoms with van der Waals surface area (Å²) in [7, 11) is 0. The number of alkyl halides is 6. The Bertz CT molecular complexity index is 1560. The van der Waals surface area contributed by atoms with Crippen molar-refractivity contribution < 1.29 is 36.2 Å². The Balaban J connectivity index is 1.64. The summed E-state index contributed by atoms with van der Waals surface area (Å²) in [5.74, 6) is -1.33. The van der Waals surface area contributed by atoms with E-state index in [-0.39, 0.29) is 28.6 Å². The van der Waals surface area contributed by atoms with Gasteiger partial charge in [0, 0.05) is 16.8 Å². The largest absolute Gasteiger partial charge is 0.416 e. The third-order valence-corrected chi connectivity index (χ3v) is 5.72.